The lowest BCUT2D eigenvalue weighted by molar-refractivity contribution is -0.177. The lowest BCUT2D eigenvalue weighted by Gasteiger charge is -2.65. The van der Waals surface area contributed by atoms with Gasteiger partial charge in [-0.2, -0.15) is 0 Å². The van der Waals surface area contributed by atoms with Crippen molar-refractivity contribution in [1.29, 1.82) is 0 Å². The van der Waals surface area contributed by atoms with Crippen LogP contribution in [0.1, 0.15) is 50.7 Å². The first kappa shape index (κ1) is 18.4. The number of hydrogen-bond acceptors (Lipinski definition) is 2. The molecule has 0 aromatic heterocycles. The predicted molar refractivity (Wildman–Crippen MR) is 112 cm³/mol. The van der Waals surface area contributed by atoms with Gasteiger partial charge in [0.1, 0.15) is 11.1 Å². The maximum Gasteiger partial charge on any atom is 0.249 e. The smallest absolute Gasteiger partial charge is 0.249 e. The highest BCUT2D eigenvalue weighted by atomic mass is 16.2. The third-order valence-electron chi connectivity index (χ3n) is 7.33. The summed E-state index contributed by atoms with van der Waals surface area (Å²) in [5.41, 5.74) is 0.0215. The van der Waals surface area contributed by atoms with Crippen LogP contribution in [-0.4, -0.2) is 34.3 Å². The third-order valence-corrected chi connectivity index (χ3v) is 7.33. The van der Waals surface area contributed by atoms with Crippen molar-refractivity contribution in [2.24, 2.45) is 5.92 Å². The summed E-state index contributed by atoms with van der Waals surface area (Å²) < 4.78 is 0. The second kappa shape index (κ2) is 6.19. The van der Waals surface area contributed by atoms with Crippen LogP contribution >= 0.6 is 0 Å². The summed E-state index contributed by atoms with van der Waals surface area (Å²) in [5.74, 6) is 0.441. The molecule has 4 aliphatic rings. The van der Waals surface area contributed by atoms with Gasteiger partial charge in [-0.05, 0) is 42.7 Å². The van der Waals surface area contributed by atoms with Crippen molar-refractivity contribution in [3.8, 4) is 0 Å². The maximum absolute atomic E-state index is 13.8. The van der Waals surface area contributed by atoms with E-state index in [1.54, 1.807) is 0 Å². The number of carbonyl (C=O) groups excluding carboxylic acids is 2. The Morgan fingerprint density at radius 1 is 0.966 bits per heavy atom. The summed E-state index contributed by atoms with van der Waals surface area (Å²) in [4.78, 5) is 29.5. The van der Waals surface area contributed by atoms with Crippen molar-refractivity contribution in [2.45, 2.75) is 56.0 Å². The molecule has 1 N–H and O–H groups in total. The Morgan fingerprint density at radius 3 is 2.10 bits per heavy atom. The summed E-state index contributed by atoms with van der Waals surface area (Å²) in [6.45, 7) is 4.91. The van der Waals surface area contributed by atoms with E-state index >= 15 is 0 Å². The second-order valence-electron chi connectivity index (χ2n) is 9.37. The second-order valence-corrected chi connectivity index (χ2v) is 9.37. The minimum absolute atomic E-state index is 0.0224. The van der Waals surface area contributed by atoms with Crippen LogP contribution in [0.25, 0.3) is 0 Å². The number of nitrogens with zero attached hydrogens (tertiary/aromatic N) is 1. The van der Waals surface area contributed by atoms with Gasteiger partial charge in [0.05, 0.1) is 5.41 Å². The zero-order valence-electron chi connectivity index (χ0n) is 17.2. The predicted octanol–water partition coefficient (Wildman–Crippen LogP) is 3.65. The van der Waals surface area contributed by atoms with E-state index in [9.17, 15) is 9.59 Å². The SMILES string of the molecule is CC(C)C[C@@]12CC(c3ccccc3)(c3ccccc3)[C@]3(CCCN3C1=O)C(=O)N2. The Bertz CT molecular complexity index is 916. The molecule has 4 heterocycles. The van der Waals surface area contributed by atoms with Crippen LogP contribution in [-0.2, 0) is 15.0 Å². The molecule has 2 amide bonds. The summed E-state index contributed by atoms with van der Waals surface area (Å²) in [6.07, 6.45) is 2.84. The van der Waals surface area contributed by atoms with E-state index in [1.165, 1.54) is 0 Å². The van der Waals surface area contributed by atoms with Crippen molar-refractivity contribution in [2.75, 3.05) is 6.54 Å². The number of nitrogens with one attached hydrogen (secondary N) is 1. The lowest BCUT2D eigenvalue weighted by atomic mass is 9.49. The lowest BCUT2D eigenvalue weighted by Crippen LogP contribution is -2.86. The number of piperidine rings is 2. The molecule has 4 fully saturated rings. The van der Waals surface area contributed by atoms with Crippen LogP contribution in [0, 0.1) is 5.92 Å². The molecule has 4 aliphatic heterocycles. The van der Waals surface area contributed by atoms with Crippen molar-refractivity contribution in [3.05, 3.63) is 71.8 Å². The Hall–Kier alpha value is -2.62. The number of fused-ring (bicyclic) bond motifs is 2. The van der Waals surface area contributed by atoms with E-state index in [0.717, 1.165) is 17.5 Å². The highest BCUT2D eigenvalue weighted by Crippen LogP contribution is 2.61. The van der Waals surface area contributed by atoms with Crippen molar-refractivity contribution >= 4 is 11.8 Å². The van der Waals surface area contributed by atoms with E-state index < -0.39 is 16.5 Å². The molecule has 29 heavy (non-hydrogen) atoms. The minimum atomic E-state index is -0.856. The maximum atomic E-state index is 13.8. The summed E-state index contributed by atoms with van der Waals surface area (Å²) in [7, 11) is 0. The van der Waals surface area contributed by atoms with Crippen LogP contribution < -0.4 is 5.32 Å². The third kappa shape index (κ3) is 2.20. The van der Waals surface area contributed by atoms with Crippen LogP contribution in [0.3, 0.4) is 0 Å². The van der Waals surface area contributed by atoms with E-state index in [-0.39, 0.29) is 11.8 Å². The van der Waals surface area contributed by atoms with Gasteiger partial charge in [0.2, 0.25) is 11.8 Å². The van der Waals surface area contributed by atoms with Gasteiger partial charge in [0.15, 0.2) is 0 Å². The molecule has 2 aromatic rings. The monoisotopic (exact) mass is 388 g/mol. The van der Waals surface area contributed by atoms with Crippen LogP contribution in [0.15, 0.2) is 60.7 Å². The highest BCUT2D eigenvalue weighted by Gasteiger charge is 2.75. The van der Waals surface area contributed by atoms with E-state index in [2.05, 4.69) is 43.4 Å². The van der Waals surface area contributed by atoms with Gasteiger partial charge >= 0.3 is 0 Å². The molecule has 2 atom stereocenters. The van der Waals surface area contributed by atoms with Gasteiger partial charge in [0.25, 0.3) is 0 Å². The topological polar surface area (TPSA) is 49.4 Å². The van der Waals surface area contributed by atoms with Gasteiger partial charge in [-0.3, -0.25) is 9.59 Å². The largest absolute Gasteiger partial charge is 0.340 e. The Kier molecular flexibility index (Phi) is 3.93. The Labute approximate surface area is 172 Å². The highest BCUT2D eigenvalue weighted by molar-refractivity contribution is 6.07. The van der Waals surface area contributed by atoms with Gasteiger partial charge in [-0.25, -0.2) is 0 Å². The molecule has 6 rings (SSSR count). The molecule has 150 valence electrons. The molecular formula is C25H28N2O2. The molecular weight excluding hydrogens is 360 g/mol. The number of hydrogen-bond donors (Lipinski definition) is 1. The fourth-order valence-corrected chi connectivity index (χ4v) is 6.52. The molecule has 4 heteroatoms. The van der Waals surface area contributed by atoms with E-state index in [1.807, 2.05) is 41.3 Å². The summed E-state index contributed by atoms with van der Waals surface area (Å²) in [5, 5.41) is 3.24. The molecule has 2 aromatic carbocycles. The van der Waals surface area contributed by atoms with Gasteiger partial charge < -0.3 is 10.2 Å². The molecule has 2 bridgehead atoms. The van der Waals surface area contributed by atoms with Crippen LogP contribution in [0.4, 0.5) is 0 Å². The van der Waals surface area contributed by atoms with Gasteiger partial charge in [-0.1, -0.05) is 74.5 Å². The number of benzene rings is 2. The number of piperazine rings is 1. The Morgan fingerprint density at radius 2 is 1.55 bits per heavy atom. The first-order valence-electron chi connectivity index (χ1n) is 10.7. The zero-order valence-corrected chi connectivity index (χ0v) is 17.2. The van der Waals surface area contributed by atoms with Crippen molar-refractivity contribution in [3.63, 3.8) is 0 Å². The normalized spacial score (nSPS) is 29.8. The minimum Gasteiger partial charge on any atom is -0.340 e. The van der Waals surface area contributed by atoms with E-state index in [4.69, 9.17) is 0 Å². The molecule has 0 saturated carbocycles. The number of carbonyl (C=O) groups is 2. The standard InChI is InChI=1S/C25H28N2O2/c1-18(2)16-23-17-24(19-10-5-3-6-11-19,20-12-7-4-8-13-20)25(21(28)26-23)14-9-15-27(25)22(23)29/h3-8,10-13,18H,9,14-17H2,1-2H3,(H,26,28)/t23-,25+/m1/s1. The average Bonchev–Trinajstić information content (AvgIpc) is 3.18. The summed E-state index contributed by atoms with van der Waals surface area (Å²) >= 11 is 0. The molecule has 0 unspecified atom stereocenters. The van der Waals surface area contributed by atoms with Crippen molar-refractivity contribution < 1.29 is 9.59 Å². The first-order valence-corrected chi connectivity index (χ1v) is 10.7. The quantitative estimate of drug-likeness (QED) is 0.869. The number of rotatable bonds is 4. The molecule has 4 nitrogen and oxygen atoms in total. The molecule has 0 aliphatic carbocycles. The number of amides is 2. The first-order chi connectivity index (χ1) is 14.0. The molecule has 4 saturated heterocycles. The Balaban J connectivity index is 1.85. The van der Waals surface area contributed by atoms with E-state index in [0.29, 0.717) is 31.7 Å². The molecule has 0 radical (unpaired) electrons. The van der Waals surface area contributed by atoms with Crippen molar-refractivity contribution in [1.82, 2.24) is 10.2 Å². The molecule has 1 spiro atoms. The zero-order chi connectivity index (χ0) is 20.3. The summed E-state index contributed by atoms with van der Waals surface area (Å²) in [6, 6.07) is 20.8. The fourth-order valence-electron chi connectivity index (χ4n) is 6.52. The van der Waals surface area contributed by atoms with Gasteiger partial charge in [0, 0.05) is 6.54 Å². The van der Waals surface area contributed by atoms with Crippen LogP contribution in [0.2, 0.25) is 0 Å². The van der Waals surface area contributed by atoms with Gasteiger partial charge in [-0.15, -0.1) is 0 Å². The van der Waals surface area contributed by atoms with Crippen LogP contribution in [0.5, 0.6) is 0 Å². The average molecular weight is 389 g/mol. The fraction of sp³-hybridized carbons (Fsp3) is 0.440.